The molecule has 0 aliphatic rings. The summed E-state index contributed by atoms with van der Waals surface area (Å²) in [4.78, 5) is 0.934. The minimum Gasteiger partial charge on any atom is -0.321 e. The fraction of sp³-hybridized carbons (Fsp3) is 0.429. The molecule has 0 aliphatic heterocycles. The lowest BCUT2D eigenvalue weighted by molar-refractivity contribution is 0.567. The highest BCUT2D eigenvalue weighted by Crippen LogP contribution is 2.36. The maximum absolute atomic E-state index is 5.88. The lowest BCUT2D eigenvalue weighted by Crippen LogP contribution is -2.27. The quantitative estimate of drug-likeness (QED) is 0.756. The lowest BCUT2D eigenvalue weighted by atomic mass is 10.1. The lowest BCUT2D eigenvalue weighted by Gasteiger charge is -2.16. The average Bonchev–Trinajstić information content (AvgIpc) is 2.08. The zero-order valence-corrected chi connectivity index (χ0v) is 8.65. The SMILES string of the molecule is CC(C)(N)c1sc(Cl)cc1Cl. The first-order chi connectivity index (χ1) is 4.91. The zero-order valence-electron chi connectivity index (χ0n) is 6.32. The normalized spacial score (nSPS) is 12.1. The van der Waals surface area contributed by atoms with Crippen LogP contribution in [0.3, 0.4) is 0 Å². The Morgan fingerprint density at radius 2 is 2.00 bits per heavy atom. The minimum atomic E-state index is -0.394. The van der Waals surface area contributed by atoms with Gasteiger partial charge in [0.2, 0.25) is 0 Å². The van der Waals surface area contributed by atoms with Gasteiger partial charge in [0, 0.05) is 10.4 Å². The predicted molar refractivity (Wildman–Crippen MR) is 51.6 cm³/mol. The second-order valence-corrected chi connectivity index (χ2v) is 5.04. The van der Waals surface area contributed by atoms with E-state index in [9.17, 15) is 0 Å². The van der Waals surface area contributed by atoms with Crippen LogP contribution in [0.5, 0.6) is 0 Å². The van der Waals surface area contributed by atoms with Crippen molar-refractivity contribution in [1.29, 1.82) is 0 Å². The predicted octanol–water partition coefficient (Wildman–Crippen LogP) is 3.25. The van der Waals surface area contributed by atoms with E-state index in [1.165, 1.54) is 11.3 Å². The van der Waals surface area contributed by atoms with Crippen molar-refractivity contribution in [2.75, 3.05) is 0 Å². The molecule has 2 N–H and O–H groups in total. The van der Waals surface area contributed by atoms with Crippen LogP contribution in [-0.2, 0) is 5.54 Å². The molecule has 0 unspecified atom stereocenters. The molecule has 0 saturated heterocycles. The Morgan fingerprint density at radius 1 is 1.45 bits per heavy atom. The molecule has 1 heterocycles. The topological polar surface area (TPSA) is 26.0 Å². The van der Waals surface area contributed by atoms with Crippen LogP contribution in [0.1, 0.15) is 18.7 Å². The van der Waals surface area contributed by atoms with Gasteiger partial charge in [0.25, 0.3) is 0 Å². The van der Waals surface area contributed by atoms with E-state index in [0.717, 1.165) is 4.88 Å². The van der Waals surface area contributed by atoms with E-state index in [1.807, 2.05) is 13.8 Å². The molecule has 0 bridgehead atoms. The Hall–Kier alpha value is 0.240. The third kappa shape index (κ3) is 2.09. The highest BCUT2D eigenvalue weighted by Gasteiger charge is 2.20. The van der Waals surface area contributed by atoms with Gasteiger partial charge in [-0.25, -0.2) is 0 Å². The second kappa shape index (κ2) is 2.94. The maximum Gasteiger partial charge on any atom is 0.0947 e. The van der Waals surface area contributed by atoms with Crippen LogP contribution in [0.4, 0.5) is 0 Å². The monoisotopic (exact) mass is 209 g/mol. The number of halogens is 2. The molecule has 0 aromatic carbocycles. The molecule has 62 valence electrons. The van der Waals surface area contributed by atoms with Crippen molar-refractivity contribution < 1.29 is 0 Å². The zero-order chi connectivity index (χ0) is 8.65. The first-order valence-corrected chi connectivity index (χ1v) is 4.72. The van der Waals surface area contributed by atoms with Crippen LogP contribution in [0.2, 0.25) is 9.36 Å². The largest absolute Gasteiger partial charge is 0.321 e. The third-order valence-corrected chi connectivity index (χ3v) is 3.26. The highest BCUT2D eigenvalue weighted by atomic mass is 35.5. The van der Waals surface area contributed by atoms with Crippen molar-refractivity contribution in [1.82, 2.24) is 0 Å². The van der Waals surface area contributed by atoms with Gasteiger partial charge >= 0.3 is 0 Å². The molecule has 0 atom stereocenters. The van der Waals surface area contributed by atoms with Gasteiger partial charge in [-0.05, 0) is 19.9 Å². The van der Waals surface area contributed by atoms with Gasteiger partial charge in [-0.2, -0.15) is 0 Å². The highest BCUT2D eigenvalue weighted by molar-refractivity contribution is 7.16. The Kier molecular flexibility index (Phi) is 2.49. The van der Waals surface area contributed by atoms with Crippen molar-refractivity contribution >= 4 is 34.5 Å². The van der Waals surface area contributed by atoms with E-state index in [0.29, 0.717) is 9.36 Å². The molecule has 0 fully saturated rings. The first-order valence-electron chi connectivity index (χ1n) is 3.15. The second-order valence-electron chi connectivity index (χ2n) is 2.95. The van der Waals surface area contributed by atoms with E-state index in [1.54, 1.807) is 6.07 Å². The Bertz CT molecular complexity index is 262. The fourth-order valence-electron chi connectivity index (χ4n) is 0.780. The summed E-state index contributed by atoms with van der Waals surface area (Å²) in [6.45, 7) is 3.81. The summed E-state index contributed by atoms with van der Waals surface area (Å²) in [5.41, 5.74) is 5.44. The van der Waals surface area contributed by atoms with Gasteiger partial charge in [-0.1, -0.05) is 23.2 Å². The fourth-order valence-corrected chi connectivity index (χ4v) is 2.50. The van der Waals surface area contributed by atoms with Crippen molar-refractivity contribution in [2.24, 2.45) is 5.73 Å². The number of hydrogen-bond donors (Lipinski definition) is 1. The molecule has 0 spiro atoms. The van der Waals surface area contributed by atoms with Crippen LogP contribution in [0, 0.1) is 0 Å². The van der Waals surface area contributed by atoms with E-state index < -0.39 is 5.54 Å². The third-order valence-electron chi connectivity index (χ3n) is 1.24. The van der Waals surface area contributed by atoms with Gasteiger partial charge in [0.05, 0.1) is 9.36 Å². The molecule has 1 nitrogen and oxygen atoms in total. The maximum atomic E-state index is 5.88. The number of rotatable bonds is 1. The Morgan fingerprint density at radius 3 is 2.18 bits per heavy atom. The molecule has 0 saturated carbocycles. The standard InChI is InChI=1S/C7H9Cl2NS/c1-7(2,10)6-4(8)3-5(9)11-6/h3H,10H2,1-2H3. The smallest absolute Gasteiger partial charge is 0.0947 e. The summed E-state index contributed by atoms with van der Waals surface area (Å²) in [6.07, 6.45) is 0. The van der Waals surface area contributed by atoms with Crippen LogP contribution in [0.25, 0.3) is 0 Å². The molecule has 0 radical (unpaired) electrons. The molecule has 11 heavy (non-hydrogen) atoms. The van der Waals surface area contributed by atoms with Crippen LogP contribution < -0.4 is 5.73 Å². The molecule has 1 aromatic rings. The Balaban J connectivity index is 3.13. The van der Waals surface area contributed by atoms with E-state index in [2.05, 4.69) is 0 Å². The summed E-state index contributed by atoms with van der Waals surface area (Å²) >= 11 is 13.1. The van der Waals surface area contributed by atoms with E-state index in [-0.39, 0.29) is 0 Å². The first kappa shape index (κ1) is 9.33. The van der Waals surface area contributed by atoms with Gasteiger partial charge in [-0.3, -0.25) is 0 Å². The number of nitrogens with two attached hydrogens (primary N) is 1. The van der Waals surface area contributed by atoms with Gasteiger partial charge in [0.15, 0.2) is 0 Å². The van der Waals surface area contributed by atoms with Crippen molar-refractivity contribution in [3.05, 3.63) is 20.3 Å². The molecular weight excluding hydrogens is 201 g/mol. The van der Waals surface area contributed by atoms with Crippen molar-refractivity contribution in [3.8, 4) is 0 Å². The molecular formula is C7H9Cl2NS. The summed E-state index contributed by atoms with van der Waals surface area (Å²) in [6, 6.07) is 1.72. The molecule has 1 aromatic heterocycles. The molecule has 0 aliphatic carbocycles. The van der Waals surface area contributed by atoms with Crippen LogP contribution in [0.15, 0.2) is 6.07 Å². The van der Waals surface area contributed by atoms with Crippen LogP contribution >= 0.6 is 34.5 Å². The van der Waals surface area contributed by atoms with E-state index >= 15 is 0 Å². The van der Waals surface area contributed by atoms with Crippen molar-refractivity contribution in [3.63, 3.8) is 0 Å². The van der Waals surface area contributed by atoms with E-state index in [4.69, 9.17) is 28.9 Å². The summed E-state index contributed by atoms with van der Waals surface area (Å²) in [5.74, 6) is 0. The molecule has 0 amide bonds. The summed E-state index contributed by atoms with van der Waals surface area (Å²) in [7, 11) is 0. The number of thiophene rings is 1. The van der Waals surface area contributed by atoms with Crippen LogP contribution in [-0.4, -0.2) is 0 Å². The van der Waals surface area contributed by atoms with Gasteiger partial charge in [0.1, 0.15) is 0 Å². The minimum absolute atomic E-state index is 0.394. The Labute approximate surface area is 80.1 Å². The summed E-state index contributed by atoms with van der Waals surface area (Å²) in [5, 5.41) is 0.660. The number of hydrogen-bond acceptors (Lipinski definition) is 2. The molecule has 1 rings (SSSR count). The summed E-state index contributed by atoms with van der Waals surface area (Å²) < 4.78 is 0.684. The molecule has 4 heteroatoms. The average molecular weight is 210 g/mol. The van der Waals surface area contributed by atoms with Crippen molar-refractivity contribution in [2.45, 2.75) is 19.4 Å². The van der Waals surface area contributed by atoms with Gasteiger partial charge in [-0.15, -0.1) is 11.3 Å². The van der Waals surface area contributed by atoms with Gasteiger partial charge < -0.3 is 5.73 Å².